The standard InChI is InChI=1S/C17H19NO2S/c1-3-16-11-7-8-14(2)17(16)18-21(19,20)13-12-15-9-5-4-6-10-15/h4-13,18H,3H2,1-2H3/b13-12+. The molecule has 0 radical (unpaired) electrons. The Hall–Kier alpha value is -2.07. The molecule has 1 N–H and O–H groups in total. The maximum atomic E-state index is 12.2. The molecule has 2 aromatic carbocycles. The molecule has 0 saturated heterocycles. The van der Waals surface area contributed by atoms with Gasteiger partial charge in [-0.3, -0.25) is 4.72 Å². The van der Waals surface area contributed by atoms with E-state index in [1.54, 1.807) is 6.08 Å². The minimum absolute atomic E-state index is 0.678. The number of para-hydroxylation sites is 1. The summed E-state index contributed by atoms with van der Waals surface area (Å²) in [7, 11) is -3.52. The molecule has 0 aliphatic rings. The first kappa shape index (κ1) is 15.3. The van der Waals surface area contributed by atoms with Gasteiger partial charge in [-0.15, -0.1) is 0 Å². The summed E-state index contributed by atoms with van der Waals surface area (Å²) in [6.07, 6.45) is 2.37. The summed E-state index contributed by atoms with van der Waals surface area (Å²) in [5.41, 5.74) is 3.44. The minimum Gasteiger partial charge on any atom is -0.280 e. The van der Waals surface area contributed by atoms with Gasteiger partial charge in [-0.05, 0) is 36.1 Å². The fourth-order valence-corrected chi connectivity index (χ4v) is 3.06. The minimum atomic E-state index is -3.52. The van der Waals surface area contributed by atoms with Gasteiger partial charge in [-0.2, -0.15) is 0 Å². The first-order valence-corrected chi connectivity index (χ1v) is 8.41. The SMILES string of the molecule is CCc1cccc(C)c1NS(=O)(=O)/C=C/c1ccccc1. The molecule has 0 spiro atoms. The zero-order valence-corrected chi connectivity index (χ0v) is 13.0. The van der Waals surface area contributed by atoms with Crippen LogP contribution in [0.15, 0.2) is 53.9 Å². The van der Waals surface area contributed by atoms with Crippen molar-refractivity contribution >= 4 is 21.8 Å². The molecule has 0 aliphatic carbocycles. The molecular weight excluding hydrogens is 282 g/mol. The molecule has 2 rings (SSSR count). The second kappa shape index (κ2) is 6.59. The molecule has 0 unspecified atom stereocenters. The molecule has 21 heavy (non-hydrogen) atoms. The van der Waals surface area contributed by atoms with Crippen molar-refractivity contribution in [3.63, 3.8) is 0 Å². The average molecular weight is 301 g/mol. The molecule has 4 heteroatoms. The van der Waals surface area contributed by atoms with Gasteiger partial charge in [0.05, 0.1) is 11.1 Å². The van der Waals surface area contributed by atoms with Crippen molar-refractivity contribution in [3.8, 4) is 0 Å². The molecule has 0 aliphatic heterocycles. The van der Waals surface area contributed by atoms with Crippen LogP contribution in [0.2, 0.25) is 0 Å². The zero-order chi connectivity index (χ0) is 15.3. The van der Waals surface area contributed by atoms with E-state index in [1.807, 2.05) is 62.4 Å². The maximum Gasteiger partial charge on any atom is 0.255 e. The van der Waals surface area contributed by atoms with Gasteiger partial charge in [-0.1, -0.05) is 55.5 Å². The van der Waals surface area contributed by atoms with Gasteiger partial charge in [0.2, 0.25) is 0 Å². The Bertz CT molecular complexity index is 735. The summed E-state index contributed by atoms with van der Waals surface area (Å²) in [5, 5.41) is 1.20. The Morgan fingerprint density at radius 1 is 1.05 bits per heavy atom. The Morgan fingerprint density at radius 3 is 2.43 bits per heavy atom. The number of nitrogens with one attached hydrogen (secondary N) is 1. The predicted molar refractivity (Wildman–Crippen MR) is 88.6 cm³/mol. The average Bonchev–Trinajstić information content (AvgIpc) is 2.48. The molecule has 0 saturated carbocycles. The van der Waals surface area contributed by atoms with Crippen LogP contribution >= 0.6 is 0 Å². The Balaban J connectivity index is 2.25. The monoisotopic (exact) mass is 301 g/mol. The van der Waals surface area contributed by atoms with Crippen LogP contribution in [0.3, 0.4) is 0 Å². The van der Waals surface area contributed by atoms with Crippen LogP contribution in [0.5, 0.6) is 0 Å². The summed E-state index contributed by atoms with van der Waals surface area (Å²) >= 11 is 0. The van der Waals surface area contributed by atoms with E-state index in [9.17, 15) is 8.42 Å². The van der Waals surface area contributed by atoms with E-state index in [2.05, 4.69) is 4.72 Å². The number of aryl methyl sites for hydroxylation is 2. The largest absolute Gasteiger partial charge is 0.280 e. The van der Waals surface area contributed by atoms with Crippen molar-refractivity contribution in [2.75, 3.05) is 4.72 Å². The Kier molecular flexibility index (Phi) is 4.81. The molecule has 0 heterocycles. The van der Waals surface area contributed by atoms with Gasteiger partial charge in [0.1, 0.15) is 0 Å². The van der Waals surface area contributed by atoms with Gasteiger partial charge >= 0.3 is 0 Å². The molecule has 0 bridgehead atoms. The van der Waals surface area contributed by atoms with Crippen molar-refractivity contribution in [3.05, 3.63) is 70.6 Å². The van der Waals surface area contributed by atoms with Crippen LogP contribution in [-0.4, -0.2) is 8.42 Å². The normalized spacial score (nSPS) is 11.7. The maximum absolute atomic E-state index is 12.2. The van der Waals surface area contributed by atoms with Gasteiger partial charge < -0.3 is 0 Å². The number of rotatable bonds is 5. The van der Waals surface area contributed by atoms with Crippen LogP contribution in [-0.2, 0) is 16.4 Å². The second-order valence-electron chi connectivity index (χ2n) is 4.82. The number of hydrogen-bond donors (Lipinski definition) is 1. The van der Waals surface area contributed by atoms with E-state index in [0.29, 0.717) is 5.69 Å². The van der Waals surface area contributed by atoms with Crippen molar-refractivity contribution < 1.29 is 8.42 Å². The highest BCUT2D eigenvalue weighted by Gasteiger charge is 2.11. The van der Waals surface area contributed by atoms with E-state index in [1.165, 1.54) is 5.41 Å². The van der Waals surface area contributed by atoms with Crippen LogP contribution in [0.4, 0.5) is 5.69 Å². The van der Waals surface area contributed by atoms with E-state index in [-0.39, 0.29) is 0 Å². The third-order valence-corrected chi connectivity index (χ3v) is 4.21. The number of hydrogen-bond acceptors (Lipinski definition) is 2. The molecule has 0 atom stereocenters. The molecule has 3 nitrogen and oxygen atoms in total. The number of benzene rings is 2. The number of anilines is 1. The summed E-state index contributed by atoms with van der Waals surface area (Å²) in [6, 6.07) is 15.1. The molecule has 0 amide bonds. The summed E-state index contributed by atoms with van der Waals surface area (Å²) < 4.78 is 27.1. The smallest absolute Gasteiger partial charge is 0.255 e. The van der Waals surface area contributed by atoms with E-state index in [0.717, 1.165) is 23.1 Å². The van der Waals surface area contributed by atoms with Crippen molar-refractivity contribution in [1.29, 1.82) is 0 Å². The molecule has 0 fully saturated rings. The molecule has 2 aromatic rings. The van der Waals surface area contributed by atoms with Crippen molar-refractivity contribution in [2.24, 2.45) is 0 Å². The van der Waals surface area contributed by atoms with E-state index < -0.39 is 10.0 Å². The topological polar surface area (TPSA) is 46.2 Å². The lowest BCUT2D eigenvalue weighted by atomic mass is 10.1. The van der Waals surface area contributed by atoms with Crippen LogP contribution in [0.1, 0.15) is 23.6 Å². The predicted octanol–water partition coefficient (Wildman–Crippen LogP) is 3.97. The lowest BCUT2D eigenvalue weighted by Gasteiger charge is -2.12. The van der Waals surface area contributed by atoms with Crippen LogP contribution in [0.25, 0.3) is 6.08 Å². The van der Waals surface area contributed by atoms with Crippen molar-refractivity contribution in [2.45, 2.75) is 20.3 Å². The summed E-state index contributed by atoms with van der Waals surface area (Å²) in [4.78, 5) is 0. The third-order valence-electron chi connectivity index (χ3n) is 3.22. The van der Waals surface area contributed by atoms with Gasteiger partial charge in [0, 0.05) is 0 Å². The van der Waals surface area contributed by atoms with Crippen LogP contribution < -0.4 is 4.72 Å². The van der Waals surface area contributed by atoms with E-state index >= 15 is 0 Å². The highest BCUT2D eigenvalue weighted by atomic mass is 32.2. The molecule has 0 aromatic heterocycles. The molecular formula is C17H19NO2S. The molecule has 110 valence electrons. The van der Waals surface area contributed by atoms with Crippen molar-refractivity contribution in [1.82, 2.24) is 0 Å². The fraction of sp³-hybridized carbons (Fsp3) is 0.176. The second-order valence-corrected chi connectivity index (χ2v) is 6.39. The fourth-order valence-electron chi connectivity index (χ4n) is 2.08. The lowest BCUT2D eigenvalue weighted by Crippen LogP contribution is -2.11. The third kappa shape index (κ3) is 4.20. The lowest BCUT2D eigenvalue weighted by molar-refractivity contribution is 0.609. The van der Waals surface area contributed by atoms with E-state index in [4.69, 9.17) is 0 Å². The quantitative estimate of drug-likeness (QED) is 0.908. The first-order valence-electron chi connectivity index (χ1n) is 6.86. The zero-order valence-electron chi connectivity index (χ0n) is 12.2. The van der Waals surface area contributed by atoms with Gasteiger partial charge in [0.15, 0.2) is 0 Å². The van der Waals surface area contributed by atoms with Crippen LogP contribution in [0, 0.1) is 6.92 Å². The van der Waals surface area contributed by atoms with Gasteiger partial charge in [-0.25, -0.2) is 8.42 Å². The Morgan fingerprint density at radius 2 is 1.76 bits per heavy atom. The highest BCUT2D eigenvalue weighted by Crippen LogP contribution is 2.22. The summed E-state index contributed by atoms with van der Waals surface area (Å²) in [5.74, 6) is 0. The first-order chi connectivity index (χ1) is 10.0. The number of sulfonamides is 1. The summed E-state index contributed by atoms with van der Waals surface area (Å²) in [6.45, 7) is 3.91. The Labute approximate surface area is 126 Å². The van der Waals surface area contributed by atoms with Gasteiger partial charge in [0.25, 0.3) is 10.0 Å². The highest BCUT2D eigenvalue weighted by molar-refractivity contribution is 7.95.